The van der Waals surface area contributed by atoms with Gasteiger partial charge in [-0.1, -0.05) is 18.2 Å². The smallest absolute Gasteiger partial charge is 0.306 e. The lowest BCUT2D eigenvalue weighted by molar-refractivity contribution is -0.141. The van der Waals surface area contributed by atoms with Gasteiger partial charge in [0.05, 0.1) is 12.0 Å². The number of carbonyl (C=O) groups is 2. The molecule has 1 fully saturated rings. The van der Waals surface area contributed by atoms with Crippen LogP contribution in [0.2, 0.25) is 0 Å². The van der Waals surface area contributed by atoms with Gasteiger partial charge in [0.25, 0.3) is 0 Å². The molecule has 1 aliphatic rings. The standard InChI is InChI=1S/C17H19NO4/c1-10(15-9-11-4-2-3-5-14(11)22-15)18-16(19)12-6-7-13(8-12)17(20)21/h2-5,9-10,12-13H,6-8H2,1H3,(H,18,19)(H,20,21)/t10-,12+,13-/m0/s1. The highest BCUT2D eigenvalue weighted by molar-refractivity contribution is 5.82. The Balaban J connectivity index is 1.65. The van der Waals surface area contributed by atoms with E-state index in [4.69, 9.17) is 9.52 Å². The van der Waals surface area contributed by atoms with E-state index in [1.54, 1.807) is 0 Å². The molecule has 116 valence electrons. The minimum Gasteiger partial charge on any atom is -0.481 e. The number of amides is 1. The van der Waals surface area contributed by atoms with Gasteiger partial charge in [0.1, 0.15) is 11.3 Å². The zero-order valence-electron chi connectivity index (χ0n) is 12.4. The quantitative estimate of drug-likeness (QED) is 0.909. The van der Waals surface area contributed by atoms with Crippen LogP contribution in [0.4, 0.5) is 0 Å². The second-order valence-corrected chi connectivity index (χ2v) is 5.96. The van der Waals surface area contributed by atoms with Gasteiger partial charge in [-0.2, -0.15) is 0 Å². The first kappa shape index (κ1) is 14.6. The first-order chi connectivity index (χ1) is 10.5. The molecule has 3 atom stereocenters. The van der Waals surface area contributed by atoms with Gasteiger partial charge >= 0.3 is 5.97 Å². The van der Waals surface area contributed by atoms with Gasteiger partial charge in [0.15, 0.2) is 0 Å². The molecule has 2 aromatic rings. The van der Waals surface area contributed by atoms with Crippen molar-refractivity contribution < 1.29 is 19.1 Å². The fourth-order valence-corrected chi connectivity index (χ4v) is 3.06. The number of nitrogens with one attached hydrogen (secondary N) is 1. The molecule has 0 unspecified atom stereocenters. The van der Waals surface area contributed by atoms with Gasteiger partial charge < -0.3 is 14.8 Å². The predicted octanol–water partition coefficient (Wildman–Crippen LogP) is 3.11. The van der Waals surface area contributed by atoms with Gasteiger partial charge in [0.2, 0.25) is 5.91 Å². The number of hydrogen-bond acceptors (Lipinski definition) is 3. The molecule has 1 aromatic heterocycles. The summed E-state index contributed by atoms with van der Waals surface area (Å²) in [4.78, 5) is 23.2. The molecule has 1 heterocycles. The van der Waals surface area contributed by atoms with Crippen LogP contribution in [0, 0.1) is 11.8 Å². The van der Waals surface area contributed by atoms with Crippen LogP contribution in [-0.2, 0) is 9.59 Å². The number of aliphatic carboxylic acids is 1. The Morgan fingerprint density at radius 3 is 2.68 bits per heavy atom. The van der Waals surface area contributed by atoms with Gasteiger partial charge in [-0.05, 0) is 38.3 Å². The van der Waals surface area contributed by atoms with Crippen molar-refractivity contribution in [1.29, 1.82) is 0 Å². The monoisotopic (exact) mass is 301 g/mol. The number of carbonyl (C=O) groups excluding carboxylic acids is 1. The van der Waals surface area contributed by atoms with Crippen LogP contribution in [0.1, 0.15) is 38.0 Å². The molecule has 5 nitrogen and oxygen atoms in total. The molecule has 0 radical (unpaired) electrons. The third-order valence-corrected chi connectivity index (χ3v) is 4.38. The third-order valence-electron chi connectivity index (χ3n) is 4.38. The average Bonchev–Trinajstić information content (AvgIpc) is 3.14. The number of furan rings is 1. The molecular weight excluding hydrogens is 282 g/mol. The minimum atomic E-state index is -0.805. The zero-order chi connectivity index (χ0) is 15.7. The Morgan fingerprint density at radius 2 is 2.00 bits per heavy atom. The molecule has 0 bridgehead atoms. The lowest BCUT2D eigenvalue weighted by Gasteiger charge is -2.15. The molecule has 3 rings (SSSR count). The van der Waals surface area contributed by atoms with E-state index < -0.39 is 11.9 Å². The van der Waals surface area contributed by atoms with Crippen molar-refractivity contribution in [2.45, 2.75) is 32.2 Å². The number of benzene rings is 1. The molecule has 1 aromatic carbocycles. The molecule has 1 aliphatic carbocycles. The summed E-state index contributed by atoms with van der Waals surface area (Å²) >= 11 is 0. The Labute approximate surface area is 128 Å². The van der Waals surface area contributed by atoms with Gasteiger partial charge in [-0.15, -0.1) is 0 Å². The lowest BCUT2D eigenvalue weighted by Crippen LogP contribution is -2.31. The first-order valence-electron chi connectivity index (χ1n) is 7.56. The summed E-state index contributed by atoms with van der Waals surface area (Å²) in [5.41, 5.74) is 0.797. The van der Waals surface area contributed by atoms with Gasteiger partial charge in [-0.25, -0.2) is 0 Å². The highest BCUT2D eigenvalue weighted by atomic mass is 16.4. The van der Waals surface area contributed by atoms with E-state index >= 15 is 0 Å². The molecule has 1 amide bonds. The van der Waals surface area contributed by atoms with Crippen LogP contribution in [-0.4, -0.2) is 17.0 Å². The summed E-state index contributed by atoms with van der Waals surface area (Å²) in [5, 5.41) is 12.9. The zero-order valence-corrected chi connectivity index (χ0v) is 12.4. The van der Waals surface area contributed by atoms with Crippen molar-refractivity contribution in [2.24, 2.45) is 11.8 Å². The van der Waals surface area contributed by atoms with Gasteiger partial charge in [0, 0.05) is 11.3 Å². The van der Waals surface area contributed by atoms with Crippen LogP contribution < -0.4 is 5.32 Å². The molecule has 5 heteroatoms. The molecule has 0 saturated heterocycles. The first-order valence-corrected chi connectivity index (χ1v) is 7.56. The Kier molecular flexibility index (Phi) is 3.88. The van der Waals surface area contributed by atoms with Crippen molar-refractivity contribution in [1.82, 2.24) is 5.32 Å². The van der Waals surface area contributed by atoms with E-state index in [9.17, 15) is 9.59 Å². The van der Waals surface area contributed by atoms with Gasteiger partial charge in [-0.3, -0.25) is 9.59 Å². The van der Waals surface area contributed by atoms with Crippen molar-refractivity contribution >= 4 is 22.8 Å². The van der Waals surface area contributed by atoms with E-state index in [1.165, 1.54) is 0 Å². The third kappa shape index (κ3) is 2.84. The molecular formula is C17H19NO4. The number of carboxylic acids is 1. The number of hydrogen-bond donors (Lipinski definition) is 2. The summed E-state index contributed by atoms with van der Waals surface area (Å²) in [6.07, 6.45) is 1.64. The van der Waals surface area contributed by atoms with Crippen LogP contribution >= 0.6 is 0 Å². The van der Waals surface area contributed by atoms with Crippen LogP contribution in [0.3, 0.4) is 0 Å². The van der Waals surface area contributed by atoms with E-state index in [1.807, 2.05) is 37.3 Å². The fourth-order valence-electron chi connectivity index (χ4n) is 3.06. The Morgan fingerprint density at radius 1 is 1.27 bits per heavy atom. The SMILES string of the molecule is C[C@H](NC(=O)[C@@H]1CC[C@H](C(=O)O)C1)c1cc2ccccc2o1. The van der Waals surface area contributed by atoms with E-state index in [0.29, 0.717) is 25.0 Å². The molecule has 1 saturated carbocycles. The Bertz CT molecular complexity index is 673. The highest BCUT2D eigenvalue weighted by Gasteiger charge is 2.34. The van der Waals surface area contributed by atoms with Crippen LogP contribution in [0.15, 0.2) is 34.7 Å². The van der Waals surface area contributed by atoms with Crippen LogP contribution in [0.25, 0.3) is 11.0 Å². The highest BCUT2D eigenvalue weighted by Crippen LogP contribution is 2.32. The summed E-state index contributed by atoms with van der Waals surface area (Å²) in [7, 11) is 0. The topological polar surface area (TPSA) is 79.5 Å². The minimum absolute atomic E-state index is 0.0864. The maximum absolute atomic E-state index is 12.3. The molecule has 0 spiro atoms. The van der Waals surface area contributed by atoms with Crippen molar-refractivity contribution in [3.63, 3.8) is 0 Å². The maximum Gasteiger partial charge on any atom is 0.306 e. The van der Waals surface area contributed by atoms with E-state index in [0.717, 1.165) is 11.0 Å². The van der Waals surface area contributed by atoms with E-state index in [-0.39, 0.29) is 17.9 Å². The fraction of sp³-hybridized carbons (Fsp3) is 0.412. The number of rotatable bonds is 4. The largest absolute Gasteiger partial charge is 0.481 e. The Hall–Kier alpha value is -2.30. The number of carboxylic acid groups (broad SMARTS) is 1. The van der Waals surface area contributed by atoms with E-state index in [2.05, 4.69) is 5.32 Å². The molecule has 2 N–H and O–H groups in total. The summed E-state index contributed by atoms with van der Waals surface area (Å²) in [6, 6.07) is 9.39. The summed E-state index contributed by atoms with van der Waals surface area (Å²) < 4.78 is 5.74. The second-order valence-electron chi connectivity index (χ2n) is 5.96. The molecule has 22 heavy (non-hydrogen) atoms. The predicted molar refractivity (Wildman–Crippen MR) is 81.2 cm³/mol. The lowest BCUT2D eigenvalue weighted by atomic mass is 10.0. The molecule has 0 aliphatic heterocycles. The summed E-state index contributed by atoms with van der Waals surface area (Å²) in [6.45, 7) is 1.87. The number of fused-ring (bicyclic) bond motifs is 1. The maximum atomic E-state index is 12.3. The van der Waals surface area contributed by atoms with Crippen molar-refractivity contribution in [3.05, 3.63) is 36.1 Å². The van der Waals surface area contributed by atoms with Crippen LogP contribution in [0.5, 0.6) is 0 Å². The second kappa shape index (κ2) is 5.83. The number of para-hydroxylation sites is 1. The summed E-state index contributed by atoms with van der Waals surface area (Å²) in [5.74, 6) is -0.787. The van der Waals surface area contributed by atoms with Crippen molar-refractivity contribution in [3.8, 4) is 0 Å². The average molecular weight is 301 g/mol. The van der Waals surface area contributed by atoms with Crippen molar-refractivity contribution in [2.75, 3.05) is 0 Å². The normalized spacial score (nSPS) is 22.6.